The van der Waals surface area contributed by atoms with E-state index in [1.54, 1.807) is 18.0 Å². The molecule has 2 heterocycles. The molecule has 20 heavy (non-hydrogen) atoms. The second-order valence-electron chi connectivity index (χ2n) is 5.16. The van der Waals surface area contributed by atoms with Crippen LogP contribution in [0.5, 0.6) is 0 Å². The number of hydrogen-bond donors (Lipinski definition) is 1. The molecule has 2 aromatic rings. The average molecular weight is 278 g/mol. The molecule has 1 aliphatic carbocycles. The number of hydrogen-bond acceptors (Lipinski definition) is 6. The molecule has 7 heteroatoms. The lowest BCUT2D eigenvalue weighted by atomic mass is 9.74. The number of nitrogens with zero attached hydrogens (tertiary/aromatic N) is 4. The Labute approximate surface area is 116 Å². The molecule has 7 nitrogen and oxygen atoms in total. The third kappa shape index (κ3) is 1.94. The number of aromatic nitrogens is 4. The van der Waals surface area contributed by atoms with Gasteiger partial charge in [0, 0.05) is 7.11 Å². The summed E-state index contributed by atoms with van der Waals surface area (Å²) in [5.74, 6) is 0.697. The van der Waals surface area contributed by atoms with Crippen molar-refractivity contribution in [3.05, 3.63) is 18.4 Å². The summed E-state index contributed by atoms with van der Waals surface area (Å²) < 4.78 is 12.5. The first-order chi connectivity index (χ1) is 9.70. The molecule has 3 rings (SSSR count). The van der Waals surface area contributed by atoms with Crippen LogP contribution >= 0.6 is 0 Å². The molecule has 2 aromatic heterocycles. The first-order valence-electron chi connectivity index (χ1n) is 6.68. The smallest absolute Gasteiger partial charge is 0.181 e. The van der Waals surface area contributed by atoms with Crippen molar-refractivity contribution in [2.45, 2.75) is 37.8 Å². The summed E-state index contributed by atoms with van der Waals surface area (Å²) in [5.41, 5.74) is 0.979. The maximum atomic E-state index is 9.70. The van der Waals surface area contributed by atoms with E-state index in [2.05, 4.69) is 15.3 Å². The lowest BCUT2D eigenvalue weighted by Gasteiger charge is -2.45. The van der Waals surface area contributed by atoms with Crippen LogP contribution in [0, 0.1) is 6.92 Å². The highest BCUT2D eigenvalue weighted by molar-refractivity contribution is 5.53. The van der Waals surface area contributed by atoms with Crippen LogP contribution < -0.4 is 0 Å². The van der Waals surface area contributed by atoms with Gasteiger partial charge in [0.1, 0.15) is 23.2 Å². The normalized spacial score (nSPS) is 18.8. The van der Waals surface area contributed by atoms with Crippen LogP contribution in [0.15, 0.2) is 17.0 Å². The summed E-state index contributed by atoms with van der Waals surface area (Å²) in [4.78, 5) is 4.12. The number of ether oxygens (including phenoxy) is 1. The molecule has 0 radical (unpaired) electrons. The van der Waals surface area contributed by atoms with Crippen molar-refractivity contribution in [1.29, 1.82) is 0 Å². The van der Waals surface area contributed by atoms with E-state index < -0.39 is 0 Å². The molecule has 1 saturated carbocycles. The van der Waals surface area contributed by atoms with Gasteiger partial charge in [0.2, 0.25) is 0 Å². The van der Waals surface area contributed by atoms with Gasteiger partial charge in [0.05, 0.1) is 18.4 Å². The highest BCUT2D eigenvalue weighted by Crippen LogP contribution is 2.43. The molecule has 0 saturated heterocycles. The van der Waals surface area contributed by atoms with Crippen molar-refractivity contribution in [3.8, 4) is 11.4 Å². The lowest BCUT2D eigenvalue weighted by Crippen LogP contribution is -2.49. The zero-order valence-corrected chi connectivity index (χ0v) is 11.6. The Hall–Kier alpha value is -1.73. The summed E-state index contributed by atoms with van der Waals surface area (Å²) in [6.45, 7) is 1.79. The highest BCUT2D eigenvalue weighted by Gasteiger charge is 2.46. The SMILES string of the molecule is COC1(C(CO)n2cc(-c3ncoc3C)nn2)CCC1. The molecule has 0 spiro atoms. The minimum absolute atomic E-state index is 0.0333. The van der Waals surface area contributed by atoms with E-state index in [1.807, 2.05) is 6.92 Å². The van der Waals surface area contributed by atoms with Gasteiger partial charge < -0.3 is 14.3 Å². The third-order valence-electron chi connectivity index (χ3n) is 4.20. The van der Waals surface area contributed by atoms with E-state index in [-0.39, 0.29) is 18.2 Å². The Bertz CT molecular complexity index is 582. The number of methoxy groups -OCH3 is 1. The van der Waals surface area contributed by atoms with E-state index in [4.69, 9.17) is 9.15 Å². The van der Waals surface area contributed by atoms with Crippen LogP contribution in [0.1, 0.15) is 31.1 Å². The zero-order valence-electron chi connectivity index (χ0n) is 11.6. The Morgan fingerprint density at radius 1 is 1.55 bits per heavy atom. The number of aliphatic hydroxyl groups is 1. The van der Waals surface area contributed by atoms with Crippen molar-refractivity contribution in [2.75, 3.05) is 13.7 Å². The molecule has 0 aromatic carbocycles. The van der Waals surface area contributed by atoms with Gasteiger partial charge in [-0.3, -0.25) is 0 Å². The Morgan fingerprint density at radius 2 is 2.35 bits per heavy atom. The fourth-order valence-corrected chi connectivity index (χ4v) is 2.78. The summed E-state index contributed by atoms with van der Waals surface area (Å²) in [6.07, 6.45) is 6.12. The Kier molecular flexibility index (Phi) is 3.31. The number of oxazole rings is 1. The second-order valence-corrected chi connectivity index (χ2v) is 5.16. The predicted molar refractivity (Wildman–Crippen MR) is 70.0 cm³/mol. The van der Waals surface area contributed by atoms with Crippen LogP contribution in [0.2, 0.25) is 0 Å². The monoisotopic (exact) mass is 278 g/mol. The van der Waals surface area contributed by atoms with E-state index in [9.17, 15) is 5.11 Å². The summed E-state index contributed by atoms with van der Waals surface area (Å²) in [5, 5.41) is 17.9. The fraction of sp³-hybridized carbons (Fsp3) is 0.615. The molecule has 1 unspecified atom stereocenters. The molecular formula is C13H18N4O3. The fourth-order valence-electron chi connectivity index (χ4n) is 2.78. The van der Waals surface area contributed by atoms with E-state index in [1.165, 1.54) is 6.39 Å². The van der Waals surface area contributed by atoms with Crippen molar-refractivity contribution in [3.63, 3.8) is 0 Å². The van der Waals surface area contributed by atoms with Crippen molar-refractivity contribution in [2.24, 2.45) is 0 Å². The van der Waals surface area contributed by atoms with Crippen LogP contribution in [0.3, 0.4) is 0 Å². The van der Waals surface area contributed by atoms with Gasteiger partial charge in [-0.1, -0.05) is 5.21 Å². The summed E-state index contributed by atoms with van der Waals surface area (Å²) in [6, 6.07) is -0.227. The minimum atomic E-state index is -0.335. The average Bonchev–Trinajstić information content (AvgIpc) is 3.02. The molecule has 1 aliphatic rings. The van der Waals surface area contributed by atoms with Gasteiger partial charge in [-0.25, -0.2) is 9.67 Å². The van der Waals surface area contributed by atoms with Gasteiger partial charge in [-0.05, 0) is 26.2 Å². The largest absolute Gasteiger partial charge is 0.448 e. The van der Waals surface area contributed by atoms with Crippen molar-refractivity contribution in [1.82, 2.24) is 20.0 Å². The van der Waals surface area contributed by atoms with Gasteiger partial charge >= 0.3 is 0 Å². The molecule has 0 bridgehead atoms. The first-order valence-corrected chi connectivity index (χ1v) is 6.68. The van der Waals surface area contributed by atoms with Gasteiger partial charge in [0.25, 0.3) is 0 Å². The number of aliphatic hydroxyl groups excluding tert-OH is 1. The van der Waals surface area contributed by atoms with E-state index >= 15 is 0 Å². The van der Waals surface area contributed by atoms with Crippen LogP contribution in [0.25, 0.3) is 11.4 Å². The second kappa shape index (κ2) is 4.99. The highest BCUT2D eigenvalue weighted by atomic mass is 16.5. The quantitative estimate of drug-likeness (QED) is 0.888. The molecule has 0 aliphatic heterocycles. The van der Waals surface area contributed by atoms with E-state index in [0.717, 1.165) is 19.3 Å². The van der Waals surface area contributed by atoms with Crippen LogP contribution in [0.4, 0.5) is 0 Å². The van der Waals surface area contributed by atoms with Gasteiger partial charge in [-0.15, -0.1) is 5.10 Å². The van der Waals surface area contributed by atoms with Gasteiger partial charge in [-0.2, -0.15) is 0 Å². The summed E-state index contributed by atoms with van der Waals surface area (Å²) in [7, 11) is 1.68. The molecule has 1 atom stereocenters. The maximum Gasteiger partial charge on any atom is 0.181 e. The van der Waals surface area contributed by atoms with Gasteiger partial charge in [0.15, 0.2) is 6.39 Å². The number of aryl methyl sites for hydroxylation is 1. The molecule has 108 valence electrons. The minimum Gasteiger partial charge on any atom is -0.448 e. The maximum absolute atomic E-state index is 9.70. The molecule has 0 amide bonds. The standard InChI is InChI=1S/C13H18N4O3/c1-9-12(14-8-20-9)10-6-17(16-15-10)11(7-18)13(19-2)4-3-5-13/h6,8,11,18H,3-5,7H2,1-2H3. The molecular weight excluding hydrogens is 260 g/mol. The third-order valence-corrected chi connectivity index (χ3v) is 4.20. The summed E-state index contributed by atoms with van der Waals surface area (Å²) >= 11 is 0. The number of rotatable bonds is 5. The lowest BCUT2D eigenvalue weighted by molar-refractivity contribution is -0.123. The Balaban J connectivity index is 1.91. The topological polar surface area (TPSA) is 86.2 Å². The predicted octanol–water partition coefficient (Wildman–Crippen LogP) is 1.34. The zero-order chi connectivity index (χ0) is 14.2. The molecule has 1 N–H and O–H groups in total. The van der Waals surface area contributed by atoms with Crippen LogP contribution in [-0.4, -0.2) is 44.4 Å². The van der Waals surface area contributed by atoms with Crippen molar-refractivity contribution < 1.29 is 14.3 Å². The first kappa shape index (κ1) is 13.3. The Morgan fingerprint density at radius 3 is 2.85 bits per heavy atom. The van der Waals surface area contributed by atoms with Crippen molar-refractivity contribution >= 4 is 0 Å². The molecule has 1 fully saturated rings. The van der Waals surface area contributed by atoms with Crippen LogP contribution in [-0.2, 0) is 4.74 Å². The van der Waals surface area contributed by atoms with E-state index in [0.29, 0.717) is 17.1 Å².